The van der Waals surface area contributed by atoms with E-state index >= 15 is 0 Å². The second-order valence-electron chi connectivity index (χ2n) is 4.86. The normalized spacial score (nSPS) is 15.9. The molecule has 2 nitrogen and oxygen atoms in total. The van der Waals surface area contributed by atoms with Crippen molar-refractivity contribution in [2.24, 2.45) is 5.92 Å². The number of Topliss-reactive ketones (excluding diaryl/α,β-unsaturated/α-hetero) is 1. The standard InChI is InChI=1S/C16H19NO/c1-12(14-10-7-11-15(14)17(2)3)16(18)13-8-5-4-6-9-13/h4-9,11-12H,10H2,1-3H3. The second kappa shape index (κ2) is 5.21. The quantitative estimate of drug-likeness (QED) is 0.754. The summed E-state index contributed by atoms with van der Waals surface area (Å²) < 4.78 is 0. The Morgan fingerprint density at radius 3 is 2.50 bits per heavy atom. The molecule has 0 saturated heterocycles. The van der Waals surface area contributed by atoms with Crippen molar-refractivity contribution in [2.75, 3.05) is 14.1 Å². The molecule has 1 aliphatic carbocycles. The van der Waals surface area contributed by atoms with Crippen LogP contribution in [0.15, 0.2) is 53.8 Å². The first-order chi connectivity index (χ1) is 8.61. The molecule has 1 atom stereocenters. The molecule has 1 aromatic carbocycles. The first-order valence-electron chi connectivity index (χ1n) is 6.27. The predicted molar refractivity (Wildman–Crippen MR) is 74.4 cm³/mol. The predicted octanol–water partition coefficient (Wildman–Crippen LogP) is 3.28. The van der Waals surface area contributed by atoms with Gasteiger partial charge in [0.25, 0.3) is 0 Å². The van der Waals surface area contributed by atoms with E-state index in [0.29, 0.717) is 0 Å². The lowest BCUT2D eigenvalue weighted by Crippen LogP contribution is -2.18. The summed E-state index contributed by atoms with van der Waals surface area (Å²) in [5.74, 6) is 0.147. The SMILES string of the molecule is CC(C(=O)c1ccccc1)C1=C(N(C)C)C=CC1. The summed E-state index contributed by atoms with van der Waals surface area (Å²) >= 11 is 0. The Morgan fingerprint density at radius 2 is 1.89 bits per heavy atom. The van der Waals surface area contributed by atoms with Crippen molar-refractivity contribution in [3.63, 3.8) is 0 Å². The van der Waals surface area contributed by atoms with Crippen molar-refractivity contribution in [1.82, 2.24) is 4.90 Å². The summed E-state index contributed by atoms with van der Waals surface area (Å²) in [7, 11) is 4.04. The van der Waals surface area contributed by atoms with Gasteiger partial charge in [-0.1, -0.05) is 43.3 Å². The largest absolute Gasteiger partial charge is 0.378 e. The Bertz CT molecular complexity index is 497. The van der Waals surface area contributed by atoms with Crippen molar-refractivity contribution in [3.8, 4) is 0 Å². The van der Waals surface area contributed by atoms with Gasteiger partial charge < -0.3 is 4.90 Å². The van der Waals surface area contributed by atoms with E-state index in [1.807, 2.05) is 51.4 Å². The maximum Gasteiger partial charge on any atom is 0.169 e. The Balaban J connectivity index is 2.25. The van der Waals surface area contributed by atoms with E-state index in [1.54, 1.807) is 0 Å². The number of carbonyl (C=O) groups excluding carboxylic acids is 1. The summed E-state index contributed by atoms with van der Waals surface area (Å²) in [6, 6.07) is 9.53. The van der Waals surface area contributed by atoms with Crippen molar-refractivity contribution < 1.29 is 4.79 Å². The minimum Gasteiger partial charge on any atom is -0.378 e. The zero-order valence-electron chi connectivity index (χ0n) is 11.2. The number of allylic oxidation sites excluding steroid dienone is 3. The summed E-state index contributed by atoms with van der Waals surface area (Å²) in [6.07, 6.45) is 5.11. The van der Waals surface area contributed by atoms with E-state index < -0.39 is 0 Å². The molecule has 1 unspecified atom stereocenters. The summed E-state index contributed by atoms with van der Waals surface area (Å²) in [6.45, 7) is 2.00. The lowest BCUT2D eigenvalue weighted by atomic mass is 9.90. The highest BCUT2D eigenvalue weighted by Gasteiger charge is 2.23. The lowest BCUT2D eigenvalue weighted by Gasteiger charge is -2.19. The summed E-state index contributed by atoms with van der Waals surface area (Å²) in [5, 5.41) is 0. The Hall–Kier alpha value is -1.83. The van der Waals surface area contributed by atoms with E-state index in [1.165, 1.54) is 11.3 Å². The van der Waals surface area contributed by atoms with Crippen LogP contribution in [0.4, 0.5) is 0 Å². The van der Waals surface area contributed by atoms with E-state index in [2.05, 4.69) is 17.1 Å². The smallest absolute Gasteiger partial charge is 0.169 e. The van der Waals surface area contributed by atoms with Crippen LogP contribution in [0.1, 0.15) is 23.7 Å². The number of hydrogen-bond acceptors (Lipinski definition) is 2. The van der Waals surface area contributed by atoms with Crippen LogP contribution in [-0.4, -0.2) is 24.8 Å². The maximum absolute atomic E-state index is 12.4. The Labute approximate surface area is 109 Å². The first-order valence-corrected chi connectivity index (χ1v) is 6.27. The molecule has 0 radical (unpaired) electrons. The minimum absolute atomic E-state index is 0.0557. The number of hydrogen-bond donors (Lipinski definition) is 0. The van der Waals surface area contributed by atoms with Crippen molar-refractivity contribution >= 4 is 5.78 Å². The van der Waals surface area contributed by atoms with Crippen molar-refractivity contribution in [2.45, 2.75) is 13.3 Å². The monoisotopic (exact) mass is 241 g/mol. The number of benzene rings is 1. The molecule has 2 heteroatoms. The van der Waals surface area contributed by atoms with Gasteiger partial charge in [-0.05, 0) is 18.1 Å². The highest BCUT2D eigenvalue weighted by atomic mass is 16.1. The lowest BCUT2D eigenvalue weighted by molar-refractivity contribution is 0.0946. The van der Waals surface area contributed by atoms with Gasteiger partial charge in [0, 0.05) is 31.3 Å². The molecule has 0 saturated carbocycles. The number of ketones is 1. The van der Waals surface area contributed by atoms with Gasteiger partial charge in [-0.15, -0.1) is 0 Å². The van der Waals surface area contributed by atoms with E-state index in [0.717, 1.165) is 12.0 Å². The molecule has 18 heavy (non-hydrogen) atoms. The van der Waals surface area contributed by atoms with Gasteiger partial charge in [0.1, 0.15) is 0 Å². The van der Waals surface area contributed by atoms with Gasteiger partial charge in [0.05, 0.1) is 0 Å². The molecule has 1 aromatic rings. The molecule has 2 rings (SSSR count). The van der Waals surface area contributed by atoms with Crippen LogP contribution in [0.3, 0.4) is 0 Å². The van der Waals surface area contributed by atoms with Crippen LogP contribution < -0.4 is 0 Å². The molecule has 0 aromatic heterocycles. The van der Waals surface area contributed by atoms with Gasteiger partial charge in [-0.25, -0.2) is 0 Å². The molecular formula is C16H19NO. The average Bonchev–Trinajstić information content (AvgIpc) is 2.87. The van der Waals surface area contributed by atoms with Gasteiger partial charge in [0.2, 0.25) is 0 Å². The summed E-state index contributed by atoms with van der Waals surface area (Å²) in [5.41, 5.74) is 3.18. The molecule has 0 spiro atoms. The molecule has 0 heterocycles. The molecule has 0 bridgehead atoms. The molecule has 0 amide bonds. The molecule has 94 valence electrons. The average molecular weight is 241 g/mol. The van der Waals surface area contributed by atoms with Crippen LogP contribution in [0, 0.1) is 5.92 Å². The van der Waals surface area contributed by atoms with Crippen LogP contribution in [0.25, 0.3) is 0 Å². The molecular weight excluding hydrogens is 222 g/mol. The van der Waals surface area contributed by atoms with Crippen LogP contribution in [0.5, 0.6) is 0 Å². The fourth-order valence-corrected chi connectivity index (χ4v) is 2.35. The third kappa shape index (κ3) is 2.37. The zero-order valence-corrected chi connectivity index (χ0v) is 11.2. The van der Waals surface area contributed by atoms with Crippen molar-refractivity contribution in [3.05, 3.63) is 59.3 Å². The van der Waals surface area contributed by atoms with Gasteiger partial charge >= 0.3 is 0 Å². The Morgan fingerprint density at radius 1 is 1.22 bits per heavy atom. The van der Waals surface area contributed by atoms with Crippen LogP contribution >= 0.6 is 0 Å². The number of likely N-dealkylation sites (N-methyl/N-ethyl adjacent to an activating group) is 1. The molecule has 0 fully saturated rings. The third-order valence-corrected chi connectivity index (χ3v) is 3.40. The topological polar surface area (TPSA) is 20.3 Å². The molecule has 0 N–H and O–H groups in total. The van der Waals surface area contributed by atoms with Crippen molar-refractivity contribution in [1.29, 1.82) is 0 Å². The zero-order chi connectivity index (χ0) is 13.1. The highest BCUT2D eigenvalue weighted by Crippen LogP contribution is 2.29. The first kappa shape index (κ1) is 12.6. The summed E-state index contributed by atoms with van der Waals surface area (Å²) in [4.78, 5) is 14.5. The molecule has 0 aliphatic heterocycles. The number of rotatable bonds is 4. The maximum atomic E-state index is 12.4. The number of carbonyl (C=O) groups is 1. The van der Waals surface area contributed by atoms with Crippen LogP contribution in [0.2, 0.25) is 0 Å². The number of nitrogens with zero attached hydrogens (tertiary/aromatic N) is 1. The van der Waals surface area contributed by atoms with E-state index in [9.17, 15) is 4.79 Å². The van der Waals surface area contributed by atoms with E-state index in [-0.39, 0.29) is 11.7 Å². The minimum atomic E-state index is -0.0557. The Kier molecular flexibility index (Phi) is 3.66. The van der Waals surface area contributed by atoms with Crippen LogP contribution in [-0.2, 0) is 0 Å². The second-order valence-corrected chi connectivity index (χ2v) is 4.86. The van der Waals surface area contributed by atoms with Gasteiger partial charge in [-0.3, -0.25) is 4.79 Å². The van der Waals surface area contributed by atoms with E-state index in [4.69, 9.17) is 0 Å². The molecule has 1 aliphatic rings. The third-order valence-electron chi connectivity index (χ3n) is 3.40. The fraction of sp³-hybridized carbons (Fsp3) is 0.312. The van der Waals surface area contributed by atoms with Gasteiger partial charge in [-0.2, -0.15) is 0 Å². The highest BCUT2D eigenvalue weighted by molar-refractivity contribution is 5.99. The fourth-order valence-electron chi connectivity index (χ4n) is 2.35. The van der Waals surface area contributed by atoms with Gasteiger partial charge in [0.15, 0.2) is 5.78 Å².